The van der Waals surface area contributed by atoms with E-state index in [0.717, 1.165) is 41.3 Å². The molecule has 150 valence electrons. The quantitative estimate of drug-likeness (QED) is 0.656. The minimum atomic E-state index is -0.207. The molecule has 2 aromatic carbocycles. The normalized spacial score (nSPS) is 13.2. The summed E-state index contributed by atoms with van der Waals surface area (Å²) in [5.41, 5.74) is 3.61. The maximum absolute atomic E-state index is 11.9. The number of urea groups is 1. The van der Waals surface area contributed by atoms with Crippen LogP contribution in [0.1, 0.15) is 29.5 Å². The van der Waals surface area contributed by atoms with E-state index < -0.39 is 0 Å². The van der Waals surface area contributed by atoms with Crippen molar-refractivity contribution >= 4 is 29.4 Å². The van der Waals surface area contributed by atoms with Gasteiger partial charge in [-0.25, -0.2) is 4.79 Å². The molecule has 0 unspecified atom stereocenters. The van der Waals surface area contributed by atoms with E-state index in [2.05, 4.69) is 16.7 Å². The van der Waals surface area contributed by atoms with Crippen molar-refractivity contribution in [1.82, 2.24) is 10.6 Å². The summed E-state index contributed by atoms with van der Waals surface area (Å²) >= 11 is 1.68. The van der Waals surface area contributed by atoms with Crippen LogP contribution in [-0.4, -0.2) is 30.8 Å². The zero-order valence-electron chi connectivity index (χ0n) is 16.2. The number of carbonyl (C=O) groups excluding carboxylic acids is 2. The SMILES string of the molecule is N#Cc1ccccc1CSCCNC(=O)NCc1ccc(N2CCCC2=O)cc1. The van der Waals surface area contributed by atoms with Crippen LogP contribution in [0.15, 0.2) is 48.5 Å². The second-order valence-electron chi connectivity index (χ2n) is 6.75. The lowest BCUT2D eigenvalue weighted by Gasteiger charge is -2.16. The molecule has 2 aromatic rings. The number of amides is 3. The van der Waals surface area contributed by atoms with Crippen LogP contribution in [0.3, 0.4) is 0 Å². The predicted octanol–water partition coefficient (Wildman–Crippen LogP) is 3.42. The largest absolute Gasteiger partial charge is 0.337 e. The molecule has 1 aliphatic rings. The number of nitriles is 1. The van der Waals surface area contributed by atoms with Gasteiger partial charge in [0.15, 0.2) is 0 Å². The lowest BCUT2D eigenvalue weighted by Crippen LogP contribution is -2.36. The van der Waals surface area contributed by atoms with Crippen molar-refractivity contribution in [3.8, 4) is 6.07 Å². The Balaban J connectivity index is 1.33. The molecule has 1 saturated heterocycles. The molecule has 29 heavy (non-hydrogen) atoms. The number of nitrogens with zero attached hydrogens (tertiary/aromatic N) is 2. The van der Waals surface area contributed by atoms with E-state index in [1.165, 1.54) is 0 Å². The average molecular weight is 409 g/mol. The molecule has 0 aromatic heterocycles. The summed E-state index contributed by atoms with van der Waals surface area (Å²) in [6, 6.07) is 17.3. The van der Waals surface area contributed by atoms with E-state index >= 15 is 0 Å². The van der Waals surface area contributed by atoms with Gasteiger partial charge in [-0.15, -0.1) is 0 Å². The fraction of sp³-hybridized carbons (Fsp3) is 0.318. The molecule has 3 rings (SSSR count). The van der Waals surface area contributed by atoms with Crippen LogP contribution in [0, 0.1) is 11.3 Å². The van der Waals surface area contributed by atoms with Crippen molar-refractivity contribution in [2.75, 3.05) is 23.7 Å². The van der Waals surface area contributed by atoms with Gasteiger partial charge in [0.25, 0.3) is 0 Å². The number of nitrogens with one attached hydrogen (secondary N) is 2. The third-order valence-corrected chi connectivity index (χ3v) is 5.71. The second-order valence-corrected chi connectivity index (χ2v) is 7.85. The summed E-state index contributed by atoms with van der Waals surface area (Å²) in [6.07, 6.45) is 1.53. The molecule has 0 aliphatic carbocycles. The van der Waals surface area contributed by atoms with Crippen molar-refractivity contribution in [3.05, 3.63) is 65.2 Å². The number of thioether (sulfide) groups is 1. The Bertz CT molecular complexity index is 892. The van der Waals surface area contributed by atoms with Crippen LogP contribution in [-0.2, 0) is 17.1 Å². The van der Waals surface area contributed by atoms with Gasteiger partial charge in [-0.3, -0.25) is 4.79 Å². The topological polar surface area (TPSA) is 85.2 Å². The maximum atomic E-state index is 11.9. The maximum Gasteiger partial charge on any atom is 0.315 e. The summed E-state index contributed by atoms with van der Waals surface area (Å²) in [4.78, 5) is 25.5. The number of anilines is 1. The first-order valence-corrected chi connectivity index (χ1v) is 10.8. The highest BCUT2D eigenvalue weighted by Crippen LogP contribution is 2.21. The van der Waals surface area contributed by atoms with Crippen molar-refractivity contribution in [1.29, 1.82) is 5.26 Å². The molecule has 0 bridgehead atoms. The van der Waals surface area contributed by atoms with Gasteiger partial charge in [0.1, 0.15) is 0 Å². The van der Waals surface area contributed by atoms with E-state index in [0.29, 0.717) is 25.1 Å². The molecule has 1 heterocycles. The van der Waals surface area contributed by atoms with Gasteiger partial charge in [-0.05, 0) is 35.7 Å². The van der Waals surface area contributed by atoms with E-state index in [1.807, 2.05) is 48.5 Å². The lowest BCUT2D eigenvalue weighted by atomic mass is 10.1. The molecule has 2 N–H and O–H groups in total. The Morgan fingerprint density at radius 1 is 1.14 bits per heavy atom. The second kappa shape index (κ2) is 10.5. The van der Waals surface area contributed by atoms with Gasteiger partial charge < -0.3 is 15.5 Å². The number of benzene rings is 2. The predicted molar refractivity (Wildman–Crippen MR) is 116 cm³/mol. The average Bonchev–Trinajstić information content (AvgIpc) is 3.18. The molecular formula is C22H24N4O2S. The fourth-order valence-electron chi connectivity index (χ4n) is 3.13. The third kappa shape index (κ3) is 6.00. The Morgan fingerprint density at radius 3 is 2.66 bits per heavy atom. The fourth-order valence-corrected chi connectivity index (χ4v) is 4.00. The molecular weight excluding hydrogens is 384 g/mol. The summed E-state index contributed by atoms with van der Waals surface area (Å²) in [5.74, 6) is 1.69. The molecule has 3 amide bonds. The Morgan fingerprint density at radius 2 is 1.93 bits per heavy atom. The molecule has 6 nitrogen and oxygen atoms in total. The first-order valence-electron chi connectivity index (χ1n) is 9.64. The van der Waals surface area contributed by atoms with Crippen molar-refractivity contribution in [3.63, 3.8) is 0 Å². The van der Waals surface area contributed by atoms with Gasteiger partial charge >= 0.3 is 6.03 Å². The van der Waals surface area contributed by atoms with Gasteiger partial charge in [-0.2, -0.15) is 17.0 Å². The Kier molecular flexibility index (Phi) is 7.54. The summed E-state index contributed by atoms with van der Waals surface area (Å²) in [5, 5.41) is 14.8. The van der Waals surface area contributed by atoms with Crippen LogP contribution in [0.2, 0.25) is 0 Å². The zero-order valence-corrected chi connectivity index (χ0v) is 17.0. The van der Waals surface area contributed by atoms with E-state index in [4.69, 9.17) is 5.26 Å². The highest BCUT2D eigenvalue weighted by molar-refractivity contribution is 7.98. The number of rotatable bonds is 8. The van der Waals surface area contributed by atoms with Crippen LogP contribution in [0.4, 0.5) is 10.5 Å². The van der Waals surface area contributed by atoms with Gasteiger partial charge in [0.2, 0.25) is 5.91 Å². The summed E-state index contributed by atoms with van der Waals surface area (Å²) in [6.45, 7) is 1.77. The van der Waals surface area contributed by atoms with Crippen LogP contribution in [0.5, 0.6) is 0 Å². The van der Waals surface area contributed by atoms with E-state index in [-0.39, 0.29) is 11.9 Å². The van der Waals surface area contributed by atoms with Gasteiger partial charge in [-0.1, -0.05) is 30.3 Å². The Labute approximate surface area is 175 Å². The van der Waals surface area contributed by atoms with Crippen molar-refractivity contribution in [2.45, 2.75) is 25.1 Å². The molecule has 1 aliphatic heterocycles. The highest BCUT2D eigenvalue weighted by atomic mass is 32.2. The van der Waals surface area contributed by atoms with E-state index in [9.17, 15) is 9.59 Å². The molecule has 7 heteroatoms. The molecule has 0 radical (unpaired) electrons. The van der Waals surface area contributed by atoms with Crippen molar-refractivity contribution < 1.29 is 9.59 Å². The first-order chi connectivity index (χ1) is 14.2. The molecule has 0 saturated carbocycles. The summed E-state index contributed by atoms with van der Waals surface area (Å²) in [7, 11) is 0. The minimum absolute atomic E-state index is 0.171. The first kappa shape index (κ1) is 20.7. The number of hydrogen-bond acceptors (Lipinski definition) is 4. The van der Waals surface area contributed by atoms with Crippen LogP contribution >= 0.6 is 11.8 Å². The lowest BCUT2D eigenvalue weighted by molar-refractivity contribution is -0.117. The molecule has 0 atom stereocenters. The molecule has 0 spiro atoms. The van der Waals surface area contributed by atoms with Crippen LogP contribution in [0.25, 0.3) is 0 Å². The van der Waals surface area contributed by atoms with Crippen LogP contribution < -0.4 is 15.5 Å². The summed E-state index contributed by atoms with van der Waals surface area (Å²) < 4.78 is 0. The van der Waals surface area contributed by atoms with Gasteiger partial charge in [0, 0.05) is 43.2 Å². The third-order valence-electron chi connectivity index (χ3n) is 4.70. The monoisotopic (exact) mass is 408 g/mol. The highest BCUT2D eigenvalue weighted by Gasteiger charge is 2.21. The minimum Gasteiger partial charge on any atom is -0.337 e. The number of carbonyl (C=O) groups is 2. The van der Waals surface area contributed by atoms with Crippen molar-refractivity contribution in [2.24, 2.45) is 0 Å². The standard InChI is InChI=1S/C22H24N4O2S/c23-14-18-4-1-2-5-19(18)16-29-13-11-24-22(28)25-15-17-7-9-20(10-8-17)26-12-3-6-21(26)27/h1-2,4-5,7-10H,3,6,11-13,15-16H2,(H2,24,25,28). The zero-order chi connectivity index (χ0) is 20.5. The Hall–Kier alpha value is -2.98. The number of hydrogen-bond donors (Lipinski definition) is 2. The smallest absolute Gasteiger partial charge is 0.315 e. The van der Waals surface area contributed by atoms with E-state index in [1.54, 1.807) is 16.7 Å². The van der Waals surface area contributed by atoms with Gasteiger partial charge in [0.05, 0.1) is 11.6 Å². The molecule has 1 fully saturated rings.